The molecule has 0 unspecified atom stereocenters. The predicted molar refractivity (Wildman–Crippen MR) is 62.8 cm³/mol. The van der Waals surface area contributed by atoms with Crippen molar-refractivity contribution in [2.24, 2.45) is 0 Å². The first-order chi connectivity index (χ1) is 7.70. The van der Waals surface area contributed by atoms with Gasteiger partial charge in [-0.3, -0.25) is 4.79 Å². The lowest BCUT2D eigenvalue weighted by atomic mass is 9.77. The van der Waals surface area contributed by atoms with Gasteiger partial charge in [0, 0.05) is 11.3 Å². The molecule has 1 aliphatic rings. The van der Waals surface area contributed by atoms with Crippen LogP contribution in [0, 0.1) is 0 Å². The van der Waals surface area contributed by atoms with Crippen molar-refractivity contribution in [3.63, 3.8) is 0 Å². The van der Waals surface area contributed by atoms with Crippen molar-refractivity contribution in [2.45, 2.75) is 37.7 Å². The molecule has 4 heteroatoms. The number of thiophene rings is 1. The van der Waals surface area contributed by atoms with Gasteiger partial charge in [-0.15, -0.1) is 11.3 Å². The average Bonchev–Trinajstić information content (AvgIpc) is 2.66. The minimum atomic E-state index is -0.754. The van der Waals surface area contributed by atoms with Gasteiger partial charge in [-0.1, -0.05) is 6.07 Å². The van der Waals surface area contributed by atoms with Crippen LogP contribution in [0.1, 0.15) is 30.6 Å². The molecule has 1 aliphatic carbocycles. The largest absolute Gasteiger partial charge is 0.481 e. The maximum Gasteiger partial charge on any atom is 0.306 e. The number of ether oxygens (including phenoxy) is 1. The molecule has 88 valence electrons. The highest BCUT2D eigenvalue weighted by molar-refractivity contribution is 7.09. The molecule has 16 heavy (non-hydrogen) atoms. The van der Waals surface area contributed by atoms with E-state index in [-0.39, 0.29) is 12.0 Å². The summed E-state index contributed by atoms with van der Waals surface area (Å²) in [7, 11) is 0. The van der Waals surface area contributed by atoms with Crippen LogP contribution < -0.4 is 0 Å². The summed E-state index contributed by atoms with van der Waals surface area (Å²) in [6.45, 7) is 0.633. The van der Waals surface area contributed by atoms with Gasteiger partial charge in [0.15, 0.2) is 0 Å². The van der Waals surface area contributed by atoms with Gasteiger partial charge in [-0.25, -0.2) is 0 Å². The lowest BCUT2D eigenvalue weighted by molar-refractivity contribution is -0.154. The molecule has 1 saturated carbocycles. The maximum atomic E-state index is 10.7. The summed E-state index contributed by atoms with van der Waals surface area (Å²) >= 11 is 1.72. The molecule has 0 saturated heterocycles. The molecular formula is C12H16O3S. The number of carboxylic acid groups (broad SMARTS) is 1. The molecule has 0 radical (unpaired) electrons. The van der Waals surface area contributed by atoms with Crippen molar-refractivity contribution in [3.05, 3.63) is 22.4 Å². The Labute approximate surface area is 99.1 Å². The quantitative estimate of drug-likeness (QED) is 0.831. The third-order valence-corrected chi connectivity index (χ3v) is 4.01. The number of carbonyl (C=O) groups is 1. The van der Waals surface area contributed by atoms with Gasteiger partial charge in [0.1, 0.15) is 0 Å². The van der Waals surface area contributed by atoms with E-state index in [0.717, 1.165) is 25.7 Å². The molecule has 0 amide bonds. The van der Waals surface area contributed by atoms with Gasteiger partial charge < -0.3 is 9.84 Å². The van der Waals surface area contributed by atoms with E-state index in [1.807, 2.05) is 11.4 Å². The topological polar surface area (TPSA) is 46.5 Å². The Balaban J connectivity index is 1.77. The third kappa shape index (κ3) is 2.83. The van der Waals surface area contributed by atoms with E-state index in [1.165, 1.54) is 4.88 Å². The number of aliphatic carboxylic acids is 1. The first kappa shape index (κ1) is 11.6. The Morgan fingerprint density at radius 1 is 1.56 bits per heavy atom. The zero-order chi connectivity index (χ0) is 11.4. The Bertz CT molecular complexity index is 341. The molecule has 3 nitrogen and oxygen atoms in total. The van der Waals surface area contributed by atoms with Crippen LogP contribution in [0.25, 0.3) is 0 Å². The second-order valence-corrected chi connectivity index (χ2v) is 5.32. The molecular weight excluding hydrogens is 224 g/mol. The number of hydrogen-bond acceptors (Lipinski definition) is 3. The van der Waals surface area contributed by atoms with Gasteiger partial charge in [-0.2, -0.15) is 0 Å². The zero-order valence-electron chi connectivity index (χ0n) is 9.15. The first-order valence-corrected chi connectivity index (χ1v) is 6.46. The van der Waals surface area contributed by atoms with Crippen LogP contribution in [-0.2, 0) is 16.0 Å². The van der Waals surface area contributed by atoms with E-state index >= 15 is 0 Å². The normalized spacial score (nSPS) is 18.0. The van der Waals surface area contributed by atoms with Gasteiger partial charge in [0.2, 0.25) is 0 Å². The Morgan fingerprint density at radius 2 is 2.38 bits per heavy atom. The van der Waals surface area contributed by atoms with Crippen LogP contribution in [0.5, 0.6) is 0 Å². The molecule has 0 aromatic carbocycles. The van der Waals surface area contributed by atoms with Gasteiger partial charge in [0.25, 0.3) is 0 Å². The third-order valence-electron chi connectivity index (χ3n) is 3.07. The van der Waals surface area contributed by atoms with Gasteiger partial charge >= 0.3 is 5.97 Å². The van der Waals surface area contributed by atoms with Crippen molar-refractivity contribution < 1.29 is 14.6 Å². The number of rotatable bonds is 6. The standard InChI is InChI=1S/C12H16O3S/c13-11(14)9-12(5-2-6-12)15-7-4-10-3-1-8-16-10/h1,3,8H,2,4-7,9H2,(H,13,14). The number of carboxylic acids is 1. The maximum absolute atomic E-state index is 10.7. The summed E-state index contributed by atoms with van der Waals surface area (Å²) in [5.74, 6) is -0.754. The van der Waals surface area contributed by atoms with Crippen LogP contribution in [-0.4, -0.2) is 23.3 Å². The summed E-state index contributed by atoms with van der Waals surface area (Å²) in [6, 6.07) is 4.11. The highest BCUT2D eigenvalue weighted by atomic mass is 32.1. The summed E-state index contributed by atoms with van der Waals surface area (Å²) < 4.78 is 5.78. The lowest BCUT2D eigenvalue weighted by Crippen LogP contribution is -2.42. The fraction of sp³-hybridized carbons (Fsp3) is 0.583. The highest BCUT2D eigenvalue weighted by Crippen LogP contribution is 2.38. The molecule has 0 bridgehead atoms. The lowest BCUT2D eigenvalue weighted by Gasteiger charge is -2.40. The Kier molecular flexibility index (Phi) is 3.61. The smallest absolute Gasteiger partial charge is 0.306 e. The van der Waals surface area contributed by atoms with Crippen LogP contribution >= 0.6 is 11.3 Å². The summed E-state index contributed by atoms with van der Waals surface area (Å²) in [5.41, 5.74) is -0.358. The minimum Gasteiger partial charge on any atom is -0.481 e. The summed E-state index contributed by atoms with van der Waals surface area (Å²) in [6.07, 6.45) is 3.91. The Morgan fingerprint density at radius 3 is 2.88 bits per heavy atom. The zero-order valence-corrected chi connectivity index (χ0v) is 9.96. The predicted octanol–water partition coefficient (Wildman–Crippen LogP) is 2.70. The first-order valence-electron chi connectivity index (χ1n) is 5.58. The number of hydrogen-bond donors (Lipinski definition) is 1. The average molecular weight is 240 g/mol. The second-order valence-electron chi connectivity index (χ2n) is 4.28. The van der Waals surface area contributed by atoms with Crippen molar-refractivity contribution in [3.8, 4) is 0 Å². The van der Waals surface area contributed by atoms with E-state index in [2.05, 4.69) is 6.07 Å². The van der Waals surface area contributed by atoms with Gasteiger partial charge in [0.05, 0.1) is 18.6 Å². The molecule has 1 aromatic rings. The van der Waals surface area contributed by atoms with Crippen molar-refractivity contribution in [1.82, 2.24) is 0 Å². The molecule has 0 spiro atoms. The van der Waals surface area contributed by atoms with Crippen LogP contribution in [0.4, 0.5) is 0 Å². The second kappa shape index (κ2) is 4.97. The van der Waals surface area contributed by atoms with E-state index in [1.54, 1.807) is 11.3 Å². The van der Waals surface area contributed by atoms with Crippen molar-refractivity contribution in [2.75, 3.05) is 6.61 Å². The molecule has 1 heterocycles. The van der Waals surface area contributed by atoms with Crippen LogP contribution in [0.2, 0.25) is 0 Å². The summed E-state index contributed by atoms with van der Waals surface area (Å²) in [5, 5.41) is 10.9. The van der Waals surface area contributed by atoms with Crippen LogP contribution in [0.15, 0.2) is 17.5 Å². The van der Waals surface area contributed by atoms with Crippen molar-refractivity contribution in [1.29, 1.82) is 0 Å². The van der Waals surface area contributed by atoms with Gasteiger partial charge in [-0.05, 0) is 30.7 Å². The fourth-order valence-electron chi connectivity index (χ4n) is 2.04. The molecule has 1 N–H and O–H groups in total. The monoisotopic (exact) mass is 240 g/mol. The van der Waals surface area contributed by atoms with Crippen LogP contribution in [0.3, 0.4) is 0 Å². The van der Waals surface area contributed by atoms with E-state index in [0.29, 0.717) is 6.61 Å². The SMILES string of the molecule is O=C(O)CC1(OCCc2cccs2)CCC1. The van der Waals surface area contributed by atoms with E-state index in [4.69, 9.17) is 9.84 Å². The highest BCUT2D eigenvalue weighted by Gasteiger charge is 2.39. The molecule has 1 aromatic heterocycles. The van der Waals surface area contributed by atoms with Crippen molar-refractivity contribution >= 4 is 17.3 Å². The molecule has 0 aliphatic heterocycles. The van der Waals surface area contributed by atoms with E-state index < -0.39 is 5.97 Å². The Hall–Kier alpha value is -0.870. The molecule has 2 rings (SSSR count). The summed E-state index contributed by atoms with van der Waals surface area (Å²) in [4.78, 5) is 12.0. The van der Waals surface area contributed by atoms with E-state index in [9.17, 15) is 4.79 Å². The molecule has 0 atom stereocenters. The fourth-order valence-corrected chi connectivity index (χ4v) is 2.73. The molecule has 1 fully saturated rings. The minimum absolute atomic E-state index is 0.150.